The van der Waals surface area contributed by atoms with Crippen LogP contribution in [-0.2, 0) is 4.79 Å². The Morgan fingerprint density at radius 3 is 2.74 bits per heavy atom. The first-order valence-electron chi connectivity index (χ1n) is 5.22. The Kier molecular flexibility index (Phi) is 3.78. The maximum Gasteiger partial charge on any atom is 0.273 e. The molecule has 0 unspecified atom stereocenters. The van der Waals surface area contributed by atoms with Crippen molar-refractivity contribution in [2.45, 2.75) is 0 Å². The number of hydrogen-bond acceptors (Lipinski definition) is 2. The molecule has 0 aliphatic rings. The minimum Gasteiger partial charge on any atom is -0.307 e. The summed E-state index contributed by atoms with van der Waals surface area (Å²) >= 11 is 11.8. The quantitative estimate of drug-likeness (QED) is 0.855. The van der Waals surface area contributed by atoms with Gasteiger partial charge in [0.2, 0.25) is 5.91 Å². The molecule has 0 spiro atoms. The Morgan fingerprint density at radius 2 is 2.11 bits per heavy atom. The third kappa shape index (κ3) is 2.89. The van der Waals surface area contributed by atoms with Crippen LogP contribution >= 0.6 is 23.2 Å². The Morgan fingerprint density at radius 1 is 1.37 bits per heavy atom. The van der Waals surface area contributed by atoms with Gasteiger partial charge in [0.15, 0.2) is 0 Å². The number of benzene rings is 1. The van der Waals surface area contributed by atoms with Crippen LogP contribution in [0.15, 0.2) is 41.7 Å². The molecule has 0 saturated carbocycles. The zero-order valence-corrected chi connectivity index (χ0v) is 11.1. The summed E-state index contributed by atoms with van der Waals surface area (Å²) in [6.45, 7) is 3.32. The first-order valence-corrected chi connectivity index (χ1v) is 5.98. The average molecular weight is 298 g/mol. The summed E-state index contributed by atoms with van der Waals surface area (Å²) in [4.78, 5) is 23.0. The van der Waals surface area contributed by atoms with Crippen molar-refractivity contribution in [1.29, 1.82) is 0 Å². The smallest absolute Gasteiger partial charge is 0.273 e. The predicted octanol–water partition coefficient (Wildman–Crippen LogP) is 2.60. The number of rotatable bonds is 3. The van der Waals surface area contributed by atoms with Gasteiger partial charge in [0.05, 0.1) is 10.7 Å². The van der Waals surface area contributed by atoms with Crippen molar-refractivity contribution in [1.82, 2.24) is 9.78 Å². The molecule has 0 saturated heterocycles. The number of hydrogen-bond donors (Lipinski definition) is 2. The van der Waals surface area contributed by atoms with E-state index >= 15 is 0 Å². The van der Waals surface area contributed by atoms with Crippen molar-refractivity contribution in [3.63, 3.8) is 0 Å². The summed E-state index contributed by atoms with van der Waals surface area (Å²) in [6, 6.07) is 5.97. The number of nitrogens with one attached hydrogen (secondary N) is 2. The number of nitrogens with zero attached hydrogens (tertiary/aromatic N) is 1. The molecule has 0 bridgehead atoms. The molecule has 0 radical (unpaired) electrons. The maximum atomic E-state index is 11.8. The monoisotopic (exact) mass is 297 g/mol. The van der Waals surface area contributed by atoms with Gasteiger partial charge in [-0.1, -0.05) is 29.8 Å². The number of carbonyl (C=O) groups excluding carboxylic acids is 1. The molecule has 2 aromatic rings. The molecule has 1 amide bonds. The van der Waals surface area contributed by atoms with Gasteiger partial charge < -0.3 is 5.32 Å². The van der Waals surface area contributed by atoms with E-state index in [9.17, 15) is 9.59 Å². The van der Waals surface area contributed by atoms with Crippen molar-refractivity contribution in [2.75, 3.05) is 5.32 Å². The second kappa shape index (κ2) is 5.34. The topological polar surface area (TPSA) is 66.9 Å². The molecule has 7 heteroatoms. The lowest BCUT2D eigenvalue weighted by Crippen LogP contribution is -2.13. The predicted molar refractivity (Wildman–Crippen MR) is 75.2 cm³/mol. The highest BCUT2D eigenvalue weighted by atomic mass is 35.5. The van der Waals surface area contributed by atoms with Crippen molar-refractivity contribution in [3.8, 4) is 5.69 Å². The second-order valence-electron chi connectivity index (χ2n) is 3.63. The molecule has 0 aliphatic heterocycles. The van der Waals surface area contributed by atoms with E-state index in [1.165, 1.54) is 16.8 Å². The zero-order valence-electron chi connectivity index (χ0n) is 9.61. The highest BCUT2D eigenvalue weighted by molar-refractivity contribution is 6.35. The van der Waals surface area contributed by atoms with E-state index in [0.29, 0.717) is 15.7 Å². The van der Waals surface area contributed by atoms with Gasteiger partial charge in [0.1, 0.15) is 5.82 Å². The van der Waals surface area contributed by atoms with Crippen LogP contribution in [0.2, 0.25) is 10.0 Å². The summed E-state index contributed by atoms with van der Waals surface area (Å²) in [7, 11) is 0. The average Bonchev–Trinajstić information content (AvgIpc) is 2.70. The fourth-order valence-electron chi connectivity index (χ4n) is 1.49. The largest absolute Gasteiger partial charge is 0.307 e. The van der Waals surface area contributed by atoms with Gasteiger partial charge in [0.25, 0.3) is 5.56 Å². The lowest BCUT2D eigenvalue weighted by atomic mass is 10.3. The maximum absolute atomic E-state index is 11.8. The van der Waals surface area contributed by atoms with E-state index in [-0.39, 0.29) is 11.4 Å². The van der Waals surface area contributed by atoms with Crippen LogP contribution in [0.25, 0.3) is 5.69 Å². The minimum atomic E-state index is -0.421. The summed E-state index contributed by atoms with van der Waals surface area (Å²) in [5.41, 5.74) is 0.0822. The minimum absolute atomic E-state index is 0.251. The summed E-state index contributed by atoms with van der Waals surface area (Å²) in [5.74, 6) is -0.170. The van der Waals surface area contributed by atoms with E-state index in [0.717, 1.165) is 6.08 Å². The van der Waals surface area contributed by atoms with Crippen molar-refractivity contribution in [3.05, 3.63) is 57.3 Å². The standard InChI is InChI=1S/C12H9Cl2N3O2/c1-2-11(18)15-10-6-12(19)17(16-10)9-4-3-7(13)5-8(9)14/h2-6,16H,1H2,(H,15,18). The third-order valence-electron chi connectivity index (χ3n) is 2.31. The van der Waals surface area contributed by atoms with E-state index in [1.54, 1.807) is 12.1 Å². The van der Waals surface area contributed by atoms with Crippen LogP contribution in [0.5, 0.6) is 0 Å². The highest BCUT2D eigenvalue weighted by Crippen LogP contribution is 2.23. The van der Waals surface area contributed by atoms with Crippen LogP contribution in [0.1, 0.15) is 0 Å². The summed E-state index contributed by atoms with van der Waals surface area (Å²) < 4.78 is 1.21. The van der Waals surface area contributed by atoms with Crippen molar-refractivity contribution >= 4 is 34.9 Å². The van der Waals surface area contributed by atoms with Crippen LogP contribution < -0.4 is 10.9 Å². The molecule has 19 heavy (non-hydrogen) atoms. The first kappa shape index (κ1) is 13.5. The van der Waals surface area contributed by atoms with Gasteiger partial charge >= 0.3 is 0 Å². The summed E-state index contributed by atoms with van der Waals surface area (Å²) in [6.07, 6.45) is 1.10. The molecule has 1 heterocycles. The van der Waals surface area contributed by atoms with E-state index in [1.807, 2.05) is 0 Å². The van der Waals surface area contributed by atoms with E-state index < -0.39 is 5.91 Å². The van der Waals surface area contributed by atoms with Crippen LogP contribution in [0.3, 0.4) is 0 Å². The van der Waals surface area contributed by atoms with Crippen LogP contribution in [-0.4, -0.2) is 15.7 Å². The molecule has 1 aromatic carbocycles. The molecule has 2 N–H and O–H groups in total. The SMILES string of the molecule is C=CC(=O)Nc1cc(=O)n(-c2ccc(Cl)cc2Cl)[nH]1. The van der Waals surface area contributed by atoms with Crippen LogP contribution in [0.4, 0.5) is 5.82 Å². The van der Waals surface area contributed by atoms with Gasteiger partial charge in [-0.3, -0.25) is 14.7 Å². The third-order valence-corrected chi connectivity index (χ3v) is 2.85. The van der Waals surface area contributed by atoms with E-state index in [4.69, 9.17) is 23.2 Å². The molecular formula is C12H9Cl2N3O2. The van der Waals surface area contributed by atoms with E-state index in [2.05, 4.69) is 17.0 Å². The molecule has 1 aromatic heterocycles. The van der Waals surface area contributed by atoms with Gasteiger partial charge in [0, 0.05) is 11.1 Å². The van der Waals surface area contributed by atoms with Gasteiger partial charge in [-0.2, -0.15) is 0 Å². The molecule has 2 rings (SSSR count). The number of aromatic nitrogens is 2. The Labute approximate surface area is 118 Å². The molecule has 5 nitrogen and oxygen atoms in total. The number of H-pyrrole nitrogens is 1. The fourth-order valence-corrected chi connectivity index (χ4v) is 1.98. The fraction of sp³-hybridized carbons (Fsp3) is 0. The normalized spacial score (nSPS) is 10.2. The number of amides is 1. The number of anilines is 1. The Balaban J connectivity index is 2.43. The van der Waals surface area contributed by atoms with Crippen molar-refractivity contribution in [2.24, 2.45) is 0 Å². The molecule has 0 aliphatic carbocycles. The Bertz CT molecular complexity index is 703. The first-order chi connectivity index (χ1) is 9.01. The molecule has 98 valence electrons. The zero-order chi connectivity index (χ0) is 14.0. The molecule has 0 fully saturated rings. The highest BCUT2D eigenvalue weighted by Gasteiger charge is 2.09. The Hall–Kier alpha value is -1.98. The molecule has 0 atom stereocenters. The van der Waals surface area contributed by atoms with Crippen molar-refractivity contribution < 1.29 is 4.79 Å². The second-order valence-corrected chi connectivity index (χ2v) is 4.48. The van der Waals surface area contributed by atoms with Gasteiger partial charge in [-0.05, 0) is 24.3 Å². The lowest BCUT2D eigenvalue weighted by molar-refractivity contribution is -0.111. The van der Waals surface area contributed by atoms with Gasteiger partial charge in [-0.25, -0.2) is 4.68 Å². The number of aromatic amines is 1. The number of halogens is 2. The van der Waals surface area contributed by atoms with Gasteiger partial charge in [-0.15, -0.1) is 0 Å². The molecular weight excluding hydrogens is 289 g/mol. The number of carbonyl (C=O) groups is 1. The lowest BCUT2D eigenvalue weighted by Gasteiger charge is -2.05. The van der Waals surface area contributed by atoms with Crippen LogP contribution in [0, 0.1) is 0 Å². The summed E-state index contributed by atoms with van der Waals surface area (Å²) in [5, 5.41) is 5.95.